The van der Waals surface area contributed by atoms with Gasteiger partial charge in [0.25, 0.3) is 0 Å². The molecular formula is C26H32FN5O3. The molecule has 1 aromatic carbocycles. The van der Waals surface area contributed by atoms with Crippen LogP contribution in [0.25, 0.3) is 0 Å². The van der Waals surface area contributed by atoms with E-state index in [0.717, 1.165) is 38.0 Å². The second-order valence-corrected chi connectivity index (χ2v) is 9.79. The molecule has 0 aliphatic carbocycles. The molecule has 2 N–H and O–H groups in total. The number of carbonyl (C=O) groups is 1. The van der Waals surface area contributed by atoms with Crippen molar-refractivity contribution in [2.45, 2.75) is 44.2 Å². The highest BCUT2D eigenvalue weighted by Gasteiger charge is 2.44. The van der Waals surface area contributed by atoms with Gasteiger partial charge in [-0.05, 0) is 61.8 Å². The Bertz CT molecular complexity index is 1110. The summed E-state index contributed by atoms with van der Waals surface area (Å²) in [6.45, 7) is 3.90. The number of oxime groups is 1. The third-order valence-corrected chi connectivity index (χ3v) is 7.44. The van der Waals surface area contributed by atoms with Gasteiger partial charge in [-0.25, -0.2) is 9.37 Å². The maximum atomic E-state index is 13.8. The number of hydrogen-bond acceptors (Lipinski definition) is 7. The van der Waals surface area contributed by atoms with Crippen molar-refractivity contribution in [3.8, 4) is 5.75 Å². The lowest BCUT2D eigenvalue weighted by Crippen LogP contribution is -2.54. The normalized spacial score (nSPS) is 21.5. The van der Waals surface area contributed by atoms with Crippen LogP contribution >= 0.6 is 0 Å². The molecule has 0 saturated carbocycles. The van der Waals surface area contributed by atoms with E-state index in [2.05, 4.69) is 15.0 Å². The van der Waals surface area contributed by atoms with Crippen LogP contribution in [-0.4, -0.2) is 65.3 Å². The maximum Gasteiger partial charge on any atom is 0.225 e. The molecule has 0 atom stereocenters. The van der Waals surface area contributed by atoms with Crippen LogP contribution in [0.2, 0.25) is 0 Å². The minimum Gasteiger partial charge on any atom is -0.486 e. The first-order valence-electron chi connectivity index (χ1n) is 12.3. The highest BCUT2D eigenvalue weighted by atomic mass is 19.1. The number of carbonyl (C=O) groups excluding carboxylic acids is 1. The highest BCUT2D eigenvalue weighted by Crippen LogP contribution is 2.40. The predicted octanol–water partition coefficient (Wildman–Crippen LogP) is 3.21. The number of fused-ring (bicyclic) bond motifs is 1. The van der Waals surface area contributed by atoms with E-state index in [1.54, 1.807) is 12.3 Å². The SMILES string of the molecule is CO/N=C1\CC2(CCN(C(=O)C3CCN(Cc4ccnc(N)c4)CC3)CC2)Oc2ccc(F)cc21. The van der Waals surface area contributed by atoms with E-state index in [4.69, 9.17) is 15.3 Å². The van der Waals surface area contributed by atoms with Crippen LogP contribution in [0.3, 0.4) is 0 Å². The number of likely N-dealkylation sites (tertiary alicyclic amines) is 2. The fourth-order valence-electron chi connectivity index (χ4n) is 5.54. The number of nitrogen functional groups attached to an aromatic ring is 1. The van der Waals surface area contributed by atoms with Crippen molar-refractivity contribution in [3.63, 3.8) is 0 Å². The molecule has 186 valence electrons. The molecule has 2 aromatic rings. The van der Waals surface area contributed by atoms with E-state index in [1.165, 1.54) is 19.2 Å². The van der Waals surface area contributed by atoms with Gasteiger partial charge in [0.05, 0.1) is 5.71 Å². The number of nitrogens with zero attached hydrogens (tertiary/aromatic N) is 4. The Morgan fingerprint density at radius 1 is 1.23 bits per heavy atom. The summed E-state index contributed by atoms with van der Waals surface area (Å²) in [4.78, 5) is 26.7. The van der Waals surface area contributed by atoms with Gasteiger partial charge in [-0.1, -0.05) is 5.16 Å². The summed E-state index contributed by atoms with van der Waals surface area (Å²) in [7, 11) is 1.49. The zero-order chi connectivity index (χ0) is 24.4. The quantitative estimate of drug-likeness (QED) is 0.674. The van der Waals surface area contributed by atoms with Gasteiger partial charge in [0.2, 0.25) is 5.91 Å². The second kappa shape index (κ2) is 9.81. The number of piperidine rings is 2. The lowest BCUT2D eigenvalue weighted by Gasteiger charge is -2.45. The number of anilines is 1. The molecular weight excluding hydrogens is 449 g/mol. The number of hydrogen-bond donors (Lipinski definition) is 1. The van der Waals surface area contributed by atoms with Gasteiger partial charge >= 0.3 is 0 Å². The van der Waals surface area contributed by atoms with E-state index in [0.29, 0.717) is 55.2 Å². The summed E-state index contributed by atoms with van der Waals surface area (Å²) in [6.07, 6.45) is 5.42. The standard InChI is InChI=1S/C26H32FN5O3/c1-34-30-22-16-26(35-23-3-2-20(27)15-21(22)23)7-12-32(13-8-26)25(33)19-5-10-31(11-6-19)17-18-4-9-29-24(28)14-18/h2-4,9,14-15,19H,5-8,10-13,16-17H2,1H3,(H2,28,29)/b30-22+. The second-order valence-electron chi connectivity index (χ2n) is 9.79. The molecule has 2 saturated heterocycles. The Balaban J connectivity index is 1.17. The molecule has 1 aromatic heterocycles. The van der Waals surface area contributed by atoms with Crippen LogP contribution in [0.1, 0.15) is 43.2 Å². The number of nitrogens with two attached hydrogens (primary N) is 1. The molecule has 5 rings (SSSR count). The third kappa shape index (κ3) is 5.10. The Morgan fingerprint density at radius 3 is 2.71 bits per heavy atom. The molecule has 3 aliphatic heterocycles. The molecule has 1 amide bonds. The fourth-order valence-corrected chi connectivity index (χ4v) is 5.54. The van der Waals surface area contributed by atoms with Crippen LogP contribution in [0, 0.1) is 11.7 Å². The number of ether oxygens (including phenoxy) is 1. The zero-order valence-electron chi connectivity index (χ0n) is 20.1. The minimum absolute atomic E-state index is 0.0596. The molecule has 3 aliphatic rings. The first-order chi connectivity index (χ1) is 16.9. The first kappa shape index (κ1) is 23.5. The number of pyridine rings is 1. The van der Waals surface area contributed by atoms with Gasteiger partial charge in [0, 0.05) is 56.6 Å². The molecule has 0 bridgehead atoms. The lowest BCUT2D eigenvalue weighted by molar-refractivity contribution is -0.140. The Hall–Kier alpha value is -3.20. The third-order valence-electron chi connectivity index (χ3n) is 7.44. The van der Waals surface area contributed by atoms with Gasteiger partial charge in [-0.2, -0.15) is 0 Å². The van der Waals surface area contributed by atoms with E-state index < -0.39 is 5.60 Å². The smallest absolute Gasteiger partial charge is 0.225 e. The van der Waals surface area contributed by atoms with Gasteiger partial charge < -0.3 is 20.2 Å². The summed E-state index contributed by atoms with van der Waals surface area (Å²) >= 11 is 0. The number of halogens is 1. The molecule has 4 heterocycles. The van der Waals surface area contributed by atoms with Crippen molar-refractivity contribution >= 4 is 17.4 Å². The van der Waals surface area contributed by atoms with Gasteiger partial charge in [-0.15, -0.1) is 0 Å². The van der Waals surface area contributed by atoms with Gasteiger partial charge in [-0.3, -0.25) is 9.69 Å². The predicted molar refractivity (Wildman–Crippen MR) is 130 cm³/mol. The number of benzene rings is 1. The Morgan fingerprint density at radius 2 is 2.00 bits per heavy atom. The summed E-state index contributed by atoms with van der Waals surface area (Å²) in [5.41, 5.74) is 7.82. The Labute approximate surface area is 204 Å². The Kier molecular flexibility index (Phi) is 6.60. The minimum atomic E-state index is -0.450. The van der Waals surface area contributed by atoms with Crippen molar-refractivity contribution in [3.05, 3.63) is 53.5 Å². The summed E-state index contributed by atoms with van der Waals surface area (Å²) in [6, 6.07) is 8.39. The fraction of sp³-hybridized carbons (Fsp3) is 0.500. The molecule has 35 heavy (non-hydrogen) atoms. The van der Waals surface area contributed by atoms with Crippen LogP contribution in [0.4, 0.5) is 10.2 Å². The largest absolute Gasteiger partial charge is 0.486 e. The van der Waals surface area contributed by atoms with Crippen molar-refractivity contribution in [2.24, 2.45) is 11.1 Å². The van der Waals surface area contributed by atoms with E-state index >= 15 is 0 Å². The molecule has 1 spiro atoms. The van der Waals surface area contributed by atoms with Crippen molar-refractivity contribution in [1.29, 1.82) is 0 Å². The van der Waals surface area contributed by atoms with Gasteiger partial charge in [0.1, 0.15) is 30.1 Å². The maximum absolute atomic E-state index is 13.8. The molecule has 8 nitrogen and oxygen atoms in total. The van der Waals surface area contributed by atoms with Crippen LogP contribution in [0.15, 0.2) is 41.7 Å². The lowest BCUT2D eigenvalue weighted by atomic mass is 9.81. The van der Waals surface area contributed by atoms with E-state index in [-0.39, 0.29) is 17.6 Å². The number of amides is 1. The van der Waals surface area contributed by atoms with Gasteiger partial charge in [0.15, 0.2) is 0 Å². The van der Waals surface area contributed by atoms with Crippen LogP contribution < -0.4 is 10.5 Å². The zero-order valence-corrected chi connectivity index (χ0v) is 20.1. The van der Waals surface area contributed by atoms with Crippen LogP contribution in [-0.2, 0) is 16.2 Å². The molecule has 9 heteroatoms. The summed E-state index contributed by atoms with van der Waals surface area (Å²) < 4.78 is 20.2. The number of aromatic nitrogens is 1. The average Bonchev–Trinajstić information content (AvgIpc) is 2.85. The van der Waals surface area contributed by atoms with Crippen molar-refractivity contribution in [1.82, 2.24) is 14.8 Å². The highest BCUT2D eigenvalue weighted by molar-refractivity contribution is 6.04. The topological polar surface area (TPSA) is 93.3 Å². The molecule has 0 unspecified atom stereocenters. The first-order valence-corrected chi connectivity index (χ1v) is 12.3. The van der Waals surface area contributed by atoms with Crippen molar-refractivity contribution in [2.75, 3.05) is 39.0 Å². The number of rotatable bonds is 4. The van der Waals surface area contributed by atoms with E-state index in [1.807, 2.05) is 17.0 Å². The van der Waals surface area contributed by atoms with Crippen molar-refractivity contribution < 1.29 is 18.8 Å². The average molecular weight is 482 g/mol. The van der Waals surface area contributed by atoms with Crippen LogP contribution in [0.5, 0.6) is 5.75 Å². The monoisotopic (exact) mass is 481 g/mol. The summed E-state index contributed by atoms with van der Waals surface area (Å²) in [5.74, 6) is 1.13. The van der Waals surface area contributed by atoms with E-state index in [9.17, 15) is 9.18 Å². The summed E-state index contributed by atoms with van der Waals surface area (Å²) in [5, 5.41) is 4.16. The molecule has 2 fully saturated rings. The molecule has 0 radical (unpaired) electrons.